The summed E-state index contributed by atoms with van der Waals surface area (Å²) in [7, 11) is 1.75. The Bertz CT molecular complexity index is 425. The van der Waals surface area contributed by atoms with Gasteiger partial charge in [0.2, 0.25) is 0 Å². The third-order valence-electron chi connectivity index (χ3n) is 3.43. The van der Waals surface area contributed by atoms with E-state index in [4.69, 9.17) is 4.74 Å². The fourth-order valence-corrected chi connectivity index (χ4v) is 2.35. The van der Waals surface area contributed by atoms with Crippen LogP contribution in [0.5, 0.6) is 0 Å². The minimum Gasteiger partial charge on any atom is -0.444 e. The van der Waals surface area contributed by atoms with Gasteiger partial charge in [0.25, 0.3) is 0 Å². The minimum atomic E-state index is -0.469. The van der Waals surface area contributed by atoms with Crippen molar-refractivity contribution in [3.63, 3.8) is 0 Å². The number of ether oxygens (including phenoxy) is 1. The van der Waals surface area contributed by atoms with Crippen LogP contribution in [0.15, 0.2) is 16.6 Å². The Morgan fingerprint density at radius 1 is 1.17 bits per heavy atom. The first-order chi connectivity index (χ1) is 10.9. The molecule has 0 aromatic heterocycles. The van der Waals surface area contributed by atoms with Crippen molar-refractivity contribution in [1.29, 1.82) is 0 Å². The van der Waals surface area contributed by atoms with E-state index < -0.39 is 11.7 Å². The molecule has 3 N–H and O–H groups in total. The number of nitrogens with one attached hydrogen (secondary N) is 3. The first kappa shape index (κ1) is 19.3. The normalized spacial score (nSPS) is 15.7. The Morgan fingerprint density at radius 3 is 2.48 bits per heavy atom. The Balaban J connectivity index is 2.12. The summed E-state index contributed by atoms with van der Waals surface area (Å²) in [5.74, 6) is 0.757. The Morgan fingerprint density at radius 2 is 1.87 bits per heavy atom. The summed E-state index contributed by atoms with van der Waals surface area (Å²) in [6.07, 6.45) is 8.13. The van der Waals surface area contributed by atoms with Gasteiger partial charge in [-0.2, -0.15) is 0 Å². The number of amides is 1. The summed E-state index contributed by atoms with van der Waals surface area (Å²) in [4.78, 5) is 15.7. The second kappa shape index (κ2) is 10.1. The van der Waals surface area contributed by atoms with E-state index in [9.17, 15) is 4.79 Å². The highest BCUT2D eigenvalue weighted by Crippen LogP contribution is 2.19. The summed E-state index contributed by atoms with van der Waals surface area (Å²) in [6.45, 7) is 7.50. The number of hydrogen-bond acceptors (Lipinski definition) is 3. The lowest BCUT2D eigenvalue weighted by atomic mass is 9.97. The number of rotatable bonds is 6. The van der Waals surface area contributed by atoms with Crippen LogP contribution in [-0.2, 0) is 4.74 Å². The fourth-order valence-electron chi connectivity index (χ4n) is 2.35. The topological polar surface area (TPSA) is 74.8 Å². The van der Waals surface area contributed by atoms with Crippen LogP contribution in [0, 0.1) is 0 Å². The third-order valence-corrected chi connectivity index (χ3v) is 3.43. The molecule has 0 aliphatic heterocycles. The van der Waals surface area contributed by atoms with Gasteiger partial charge in [-0.15, -0.1) is 0 Å². The molecule has 6 nitrogen and oxygen atoms in total. The van der Waals surface area contributed by atoms with E-state index in [1.165, 1.54) is 25.7 Å². The summed E-state index contributed by atoms with van der Waals surface area (Å²) < 4.78 is 5.17. The molecule has 1 aliphatic rings. The maximum Gasteiger partial charge on any atom is 0.407 e. The zero-order valence-electron chi connectivity index (χ0n) is 15.0. The molecule has 0 atom stereocenters. The molecule has 0 bridgehead atoms. The lowest BCUT2D eigenvalue weighted by Gasteiger charge is -2.20. The molecule has 1 rings (SSSR count). The van der Waals surface area contributed by atoms with Crippen LogP contribution in [0.3, 0.4) is 0 Å². The number of nitrogens with zero attached hydrogens (tertiary/aromatic N) is 1. The molecule has 0 saturated heterocycles. The van der Waals surface area contributed by atoms with Crippen molar-refractivity contribution >= 4 is 12.1 Å². The van der Waals surface area contributed by atoms with Gasteiger partial charge in [0.15, 0.2) is 5.96 Å². The average molecular weight is 324 g/mol. The molecule has 0 unspecified atom stereocenters. The molecule has 0 saturated carbocycles. The molecule has 6 heteroatoms. The molecule has 1 aliphatic carbocycles. The summed E-state index contributed by atoms with van der Waals surface area (Å²) >= 11 is 0. The van der Waals surface area contributed by atoms with Crippen LogP contribution in [0.4, 0.5) is 4.79 Å². The predicted octanol–water partition coefficient (Wildman–Crippen LogP) is 2.57. The predicted molar refractivity (Wildman–Crippen MR) is 94.8 cm³/mol. The minimum absolute atomic E-state index is 0.397. The first-order valence-electron chi connectivity index (χ1n) is 8.50. The molecule has 0 aromatic carbocycles. The van der Waals surface area contributed by atoms with Gasteiger partial charge in [-0.3, -0.25) is 4.99 Å². The molecule has 0 radical (unpaired) electrons. The highest BCUT2D eigenvalue weighted by molar-refractivity contribution is 5.79. The highest BCUT2D eigenvalue weighted by atomic mass is 16.6. The Kier molecular flexibility index (Phi) is 8.51. The Labute approximate surface area is 140 Å². The van der Waals surface area contributed by atoms with E-state index >= 15 is 0 Å². The zero-order valence-corrected chi connectivity index (χ0v) is 15.0. The van der Waals surface area contributed by atoms with Crippen molar-refractivity contribution in [2.75, 3.05) is 26.7 Å². The second-order valence-corrected chi connectivity index (χ2v) is 6.71. The van der Waals surface area contributed by atoms with Crippen LogP contribution in [-0.4, -0.2) is 44.3 Å². The molecule has 23 heavy (non-hydrogen) atoms. The fraction of sp³-hybridized carbons (Fsp3) is 0.765. The van der Waals surface area contributed by atoms with E-state index in [0.717, 1.165) is 18.9 Å². The van der Waals surface area contributed by atoms with E-state index in [1.54, 1.807) is 12.6 Å². The van der Waals surface area contributed by atoms with Gasteiger partial charge in [0.1, 0.15) is 5.60 Å². The van der Waals surface area contributed by atoms with Gasteiger partial charge in [0, 0.05) is 26.7 Å². The largest absolute Gasteiger partial charge is 0.444 e. The number of aliphatic imine (C=N–C) groups is 1. The number of carbonyl (C=O) groups excluding carboxylic acids is 1. The first-order valence-corrected chi connectivity index (χ1v) is 8.50. The Hall–Kier alpha value is -1.72. The lowest BCUT2D eigenvalue weighted by Crippen LogP contribution is -2.42. The van der Waals surface area contributed by atoms with E-state index in [1.807, 2.05) is 20.8 Å². The molecule has 0 aromatic rings. The standard InChI is InChI=1S/C17H32N4O2/c1-17(2,3)23-16(22)21-13-12-20-15(18-4)19-11-10-14-8-6-5-7-9-14/h8H,5-7,9-13H2,1-4H3,(H,21,22)(H2,18,19,20). The summed E-state index contributed by atoms with van der Waals surface area (Å²) in [5, 5.41) is 9.18. The van der Waals surface area contributed by atoms with Crippen molar-refractivity contribution in [1.82, 2.24) is 16.0 Å². The smallest absolute Gasteiger partial charge is 0.407 e. The number of carbonyl (C=O) groups is 1. The molecular weight excluding hydrogens is 292 g/mol. The van der Waals surface area contributed by atoms with Crippen molar-refractivity contribution in [3.05, 3.63) is 11.6 Å². The number of allylic oxidation sites excluding steroid dienone is 1. The van der Waals surface area contributed by atoms with Crippen molar-refractivity contribution < 1.29 is 9.53 Å². The van der Waals surface area contributed by atoms with Crippen molar-refractivity contribution in [3.8, 4) is 0 Å². The molecule has 1 amide bonds. The van der Waals surface area contributed by atoms with E-state index in [0.29, 0.717) is 13.1 Å². The van der Waals surface area contributed by atoms with Gasteiger partial charge in [-0.1, -0.05) is 11.6 Å². The molecule has 0 heterocycles. The van der Waals surface area contributed by atoms with E-state index in [2.05, 4.69) is 27.0 Å². The van der Waals surface area contributed by atoms with Crippen molar-refractivity contribution in [2.45, 2.75) is 58.5 Å². The zero-order chi connectivity index (χ0) is 17.1. The maximum absolute atomic E-state index is 11.5. The molecule has 0 fully saturated rings. The summed E-state index contributed by atoms with van der Waals surface area (Å²) in [6, 6.07) is 0. The van der Waals surface area contributed by atoms with Gasteiger partial charge < -0.3 is 20.7 Å². The maximum atomic E-state index is 11.5. The highest BCUT2D eigenvalue weighted by Gasteiger charge is 2.15. The number of alkyl carbamates (subject to hydrolysis) is 1. The monoisotopic (exact) mass is 324 g/mol. The SMILES string of the molecule is CN=C(NCCNC(=O)OC(C)(C)C)NCCC1=CCCCC1. The van der Waals surface area contributed by atoms with Crippen LogP contribution >= 0.6 is 0 Å². The quantitative estimate of drug-likeness (QED) is 0.304. The molecule has 0 spiro atoms. The number of guanidine groups is 1. The molecular formula is C17H32N4O2. The van der Waals surface area contributed by atoms with Gasteiger partial charge >= 0.3 is 6.09 Å². The summed E-state index contributed by atoms with van der Waals surface area (Å²) in [5.41, 5.74) is 1.08. The molecule has 132 valence electrons. The van der Waals surface area contributed by atoms with Crippen LogP contribution < -0.4 is 16.0 Å². The van der Waals surface area contributed by atoms with Crippen LogP contribution in [0.2, 0.25) is 0 Å². The van der Waals surface area contributed by atoms with Crippen molar-refractivity contribution in [2.24, 2.45) is 4.99 Å². The number of hydrogen-bond donors (Lipinski definition) is 3. The van der Waals surface area contributed by atoms with Gasteiger partial charge in [-0.05, 0) is 52.9 Å². The average Bonchev–Trinajstić information content (AvgIpc) is 2.49. The van der Waals surface area contributed by atoms with Gasteiger partial charge in [0.05, 0.1) is 0 Å². The lowest BCUT2D eigenvalue weighted by molar-refractivity contribution is 0.0529. The second-order valence-electron chi connectivity index (χ2n) is 6.71. The van der Waals surface area contributed by atoms with E-state index in [-0.39, 0.29) is 0 Å². The van der Waals surface area contributed by atoms with Crippen LogP contribution in [0.25, 0.3) is 0 Å². The third kappa shape index (κ3) is 9.81. The van der Waals surface area contributed by atoms with Crippen LogP contribution in [0.1, 0.15) is 52.9 Å². The van der Waals surface area contributed by atoms with Gasteiger partial charge in [-0.25, -0.2) is 4.79 Å².